The van der Waals surface area contributed by atoms with E-state index in [-0.39, 0.29) is 17.5 Å². The van der Waals surface area contributed by atoms with Crippen LogP contribution in [0.1, 0.15) is 11.3 Å². The van der Waals surface area contributed by atoms with Gasteiger partial charge in [-0.15, -0.1) is 0 Å². The summed E-state index contributed by atoms with van der Waals surface area (Å²) in [4.78, 5) is 8.10. The van der Waals surface area contributed by atoms with Gasteiger partial charge in [0.2, 0.25) is 5.88 Å². The summed E-state index contributed by atoms with van der Waals surface area (Å²) < 4.78 is 49.1. The third kappa shape index (κ3) is 4.86. The molecule has 0 amide bonds. The maximum Gasteiger partial charge on any atom is 0.416 e. The molecule has 26 heavy (non-hydrogen) atoms. The smallest absolute Gasteiger partial charge is 0.416 e. The monoisotopic (exact) mass is 380 g/mol. The normalized spacial score (nSPS) is 11.2. The Kier molecular flexibility index (Phi) is 5.27. The van der Waals surface area contributed by atoms with Gasteiger partial charge in [0.1, 0.15) is 23.3 Å². The maximum absolute atomic E-state index is 12.7. The van der Waals surface area contributed by atoms with Gasteiger partial charge in [-0.1, -0.05) is 23.7 Å². The predicted octanol–water partition coefficient (Wildman–Crippen LogP) is 5.52. The van der Waals surface area contributed by atoms with Crippen LogP contribution in [-0.2, 0) is 12.8 Å². The molecule has 0 spiro atoms. The number of hydrogen-bond donors (Lipinski definition) is 0. The largest absolute Gasteiger partial charge is 0.487 e. The highest BCUT2D eigenvalue weighted by atomic mass is 35.5. The highest BCUT2D eigenvalue weighted by Crippen LogP contribution is 2.31. The van der Waals surface area contributed by atoms with Gasteiger partial charge in [0.25, 0.3) is 0 Å². The second-order valence-corrected chi connectivity index (χ2v) is 5.59. The molecule has 0 unspecified atom stereocenters. The molecular weight excluding hydrogens is 369 g/mol. The van der Waals surface area contributed by atoms with Gasteiger partial charge in [-0.2, -0.15) is 13.2 Å². The third-order valence-electron chi connectivity index (χ3n) is 3.25. The van der Waals surface area contributed by atoms with E-state index in [4.69, 9.17) is 21.1 Å². The Hall–Kier alpha value is -2.80. The van der Waals surface area contributed by atoms with E-state index >= 15 is 0 Å². The molecule has 0 fully saturated rings. The Morgan fingerprint density at radius 3 is 2.54 bits per heavy atom. The lowest BCUT2D eigenvalue weighted by molar-refractivity contribution is -0.137. The van der Waals surface area contributed by atoms with Crippen molar-refractivity contribution in [1.82, 2.24) is 9.97 Å². The predicted molar refractivity (Wildman–Crippen MR) is 89.3 cm³/mol. The second kappa shape index (κ2) is 7.61. The molecule has 3 aromatic rings. The van der Waals surface area contributed by atoms with Crippen LogP contribution in [0.2, 0.25) is 5.15 Å². The molecule has 0 aliphatic carbocycles. The van der Waals surface area contributed by atoms with E-state index in [0.717, 1.165) is 12.1 Å². The first-order chi connectivity index (χ1) is 12.4. The molecule has 134 valence electrons. The van der Waals surface area contributed by atoms with Gasteiger partial charge < -0.3 is 9.47 Å². The molecule has 0 atom stereocenters. The highest BCUT2D eigenvalue weighted by molar-refractivity contribution is 6.29. The summed E-state index contributed by atoms with van der Waals surface area (Å²) >= 11 is 5.79. The number of aromatic nitrogens is 2. The van der Waals surface area contributed by atoms with Gasteiger partial charge >= 0.3 is 6.18 Å². The second-order valence-electron chi connectivity index (χ2n) is 5.20. The SMILES string of the molecule is FC(F)(F)c1cccc(OCc2cccc(Oc3ccnc(Cl)c3)n2)c1. The fraction of sp³-hybridized carbons (Fsp3) is 0.111. The summed E-state index contributed by atoms with van der Waals surface area (Å²) in [7, 11) is 0. The Morgan fingerprint density at radius 1 is 0.962 bits per heavy atom. The molecule has 0 aliphatic rings. The molecular formula is C18H12ClF3N2O2. The van der Waals surface area contributed by atoms with Gasteiger partial charge in [0.15, 0.2) is 0 Å². The zero-order chi connectivity index (χ0) is 18.6. The fourth-order valence-corrected chi connectivity index (χ4v) is 2.25. The molecule has 0 saturated carbocycles. The Labute approximate surface area is 152 Å². The molecule has 0 aliphatic heterocycles. The third-order valence-corrected chi connectivity index (χ3v) is 3.46. The van der Waals surface area contributed by atoms with Crippen LogP contribution in [0.25, 0.3) is 0 Å². The molecule has 0 bridgehead atoms. The summed E-state index contributed by atoms with van der Waals surface area (Å²) in [6.07, 6.45) is -2.92. The zero-order valence-corrected chi connectivity index (χ0v) is 14.0. The summed E-state index contributed by atoms with van der Waals surface area (Å²) in [5.74, 6) is 0.875. The van der Waals surface area contributed by atoms with Crippen LogP contribution in [0.4, 0.5) is 13.2 Å². The molecule has 2 aromatic heterocycles. The molecule has 2 heterocycles. The van der Waals surface area contributed by atoms with Crippen LogP contribution in [0.5, 0.6) is 17.4 Å². The minimum atomic E-state index is -4.42. The number of nitrogens with zero attached hydrogens (tertiary/aromatic N) is 2. The standard InChI is InChI=1S/C18H12ClF3N2O2/c19-16-10-15(7-8-23-16)26-17-6-2-4-13(24-17)11-25-14-5-1-3-12(9-14)18(20,21)22/h1-10H,11H2. The number of hydrogen-bond acceptors (Lipinski definition) is 4. The van der Waals surface area contributed by atoms with Gasteiger partial charge in [-0.25, -0.2) is 9.97 Å². The van der Waals surface area contributed by atoms with E-state index in [2.05, 4.69) is 9.97 Å². The Morgan fingerprint density at radius 2 is 1.77 bits per heavy atom. The van der Waals surface area contributed by atoms with Crippen LogP contribution in [-0.4, -0.2) is 9.97 Å². The first kappa shape index (κ1) is 18.0. The van der Waals surface area contributed by atoms with Gasteiger partial charge in [-0.05, 0) is 30.3 Å². The average Bonchev–Trinajstić information content (AvgIpc) is 2.60. The van der Waals surface area contributed by atoms with E-state index in [0.29, 0.717) is 17.3 Å². The van der Waals surface area contributed by atoms with Crippen LogP contribution in [0.15, 0.2) is 60.8 Å². The number of benzene rings is 1. The lowest BCUT2D eigenvalue weighted by Gasteiger charge is -2.10. The topological polar surface area (TPSA) is 44.2 Å². The number of rotatable bonds is 5. The lowest BCUT2D eigenvalue weighted by atomic mass is 10.2. The van der Waals surface area contributed by atoms with Crippen molar-refractivity contribution >= 4 is 11.6 Å². The minimum Gasteiger partial charge on any atom is -0.487 e. The molecule has 0 saturated heterocycles. The summed E-state index contributed by atoms with van der Waals surface area (Å²) in [5.41, 5.74) is -0.269. The van der Waals surface area contributed by atoms with E-state index in [1.54, 1.807) is 24.3 Å². The molecule has 8 heteroatoms. The van der Waals surface area contributed by atoms with Crippen LogP contribution < -0.4 is 9.47 Å². The molecule has 1 aromatic carbocycles. The van der Waals surface area contributed by atoms with E-state index in [1.165, 1.54) is 24.4 Å². The van der Waals surface area contributed by atoms with Crippen molar-refractivity contribution in [2.45, 2.75) is 12.8 Å². The summed E-state index contributed by atoms with van der Waals surface area (Å²) in [6.45, 7) is -0.00435. The summed E-state index contributed by atoms with van der Waals surface area (Å²) in [5, 5.41) is 0.284. The lowest BCUT2D eigenvalue weighted by Crippen LogP contribution is -2.05. The van der Waals surface area contributed by atoms with Gasteiger partial charge in [0.05, 0.1) is 11.3 Å². The van der Waals surface area contributed by atoms with Crippen molar-refractivity contribution in [2.24, 2.45) is 0 Å². The van der Waals surface area contributed by atoms with Gasteiger partial charge in [0, 0.05) is 18.3 Å². The first-order valence-electron chi connectivity index (χ1n) is 7.45. The number of pyridine rings is 2. The van der Waals surface area contributed by atoms with Crippen LogP contribution >= 0.6 is 11.6 Å². The van der Waals surface area contributed by atoms with E-state index in [1.807, 2.05) is 0 Å². The van der Waals surface area contributed by atoms with Crippen molar-refractivity contribution < 1.29 is 22.6 Å². The molecule has 0 N–H and O–H groups in total. The molecule has 4 nitrogen and oxygen atoms in total. The first-order valence-corrected chi connectivity index (χ1v) is 7.83. The Bertz CT molecular complexity index is 903. The summed E-state index contributed by atoms with van der Waals surface area (Å²) in [6, 6.07) is 12.9. The van der Waals surface area contributed by atoms with Crippen molar-refractivity contribution in [3.8, 4) is 17.4 Å². The number of halogens is 4. The highest BCUT2D eigenvalue weighted by Gasteiger charge is 2.30. The van der Waals surface area contributed by atoms with Crippen molar-refractivity contribution in [3.63, 3.8) is 0 Å². The zero-order valence-electron chi connectivity index (χ0n) is 13.2. The number of ether oxygens (including phenoxy) is 2. The molecule has 3 rings (SSSR count). The maximum atomic E-state index is 12.7. The van der Waals surface area contributed by atoms with Gasteiger partial charge in [-0.3, -0.25) is 0 Å². The Balaban J connectivity index is 1.68. The molecule has 0 radical (unpaired) electrons. The van der Waals surface area contributed by atoms with E-state index in [9.17, 15) is 13.2 Å². The minimum absolute atomic E-state index is 0.00435. The van der Waals surface area contributed by atoms with Crippen LogP contribution in [0, 0.1) is 0 Å². The van der Waals surface area contributed by atoms with Crippen LogP contribution in [0.3, 0.4) is 0 Å². The van der Waals surface area contributed by atoms with Crippen molar-refractivity contribution in [2.75, 3.05) is 0 Å². The van der Waals surface area contributed by atoms with Crippen molar-refractivity contribution in [1.29, 1.82) is 0 Å². The van der Waals surface area contributed by atoms with E-state index < -0.39 is 11.7 Å². The number of alkyl halides is 3. The quantitative estimate of drug-likeness (QED) is 0.547. The fourth-order valence-electron chi connectivity index (χ4n) is 2.08. The van der Waals surface area contributed by atoms with Crippen molar-refractivity contribution in [3.05, 3.63) is 77.2 Å². The average molecular weight is 381 g/mol.